The van der Waals surface area contributed by atoms with Gasteiger partial charge in [-0.05, 0) is 56.2 Å². The van der Waals surface area contributed by atoms with Gasteiger partial charge in [0.2, 0.25) is 0 Å². The Morgan fingerprint density at radius 2 is 1.48 bits per heavy atom. The Morgan fingerprint density at radius 3 is 2.11 bits per heavy atom. The highest BCUT2D eigenvalue weighted by Gasteiger charge is 2.27. The summed E-state index contributed by atoms with van der Waals surface area (Å²) in [6, 6.07) is 20.0. The van der Waals surface area contributed by atoms with Gasteiger partial charge in [0.05, 0.1) is 17.1 Å². The normalized spacial score (nSPS) is 11.4. The van der Waals surface area contributed by atoms with Crippen LogP contribution in [0.25, 0.3) is 0 Å². The summed E-state index contributed by atoms with van der Waals surface area (Å²) in [7, 11) is -3.75. The number of nitrogens with zero attached hydrogens (tertiary/aromatic N) is 1. The summed E-state index contributed by atoms with van der Waals surface area (Å²) in [5, 5.41) is 0.548. The summed E-state index contributed by atoms with van der Waals surface area (Å²) in [5.41, 5.74) is 4.41. The van der Waals surface area contributed by atoms with Crippen molar-refractivity contribution in [3.8, 4) is 0 Å². The van der Waals surface area contributed by atoms with E-state index in [0.29, 0.717) is 10.7 Å². The maximum atomic E-state index is 13.5. The summed E-state index contributed by atoms with van der Waals surface area (Å²) in [5.74, 6) is 0. The molecule has 0 saturated carbocycles. The molecule has 0 atom stereocenters. The van der Waals surface area contributed by atoms with Crippen LogP contribution in [0, 0.1) is 20.8 Å². The van der Waals surface area contributed by atoms with Crippen molar-refractivity contribution in [2.24, 2.45) is 0 Å². The highest BCUT2D eigenvalue weighted by Crippen LogP contribution is 2.31. The first-order chi connectivity index (χ1) is 12.8. The molecule has 0 aliphatic heterocycles. The highest BCUT2D eigenvalue weighted by atomic mass is 35.5. The Balaban J connectivity index is 2.14. The standard InChI is InChI=1S/C22H22ClNO2S/c1-16-8-11-20(12-9-16)27(25,26)24(15-19-6-4-5-7-21(19)23)22-13-10-17(2)14-18(22)3/h4-14H,15H2,1-3H3. The third-order valence-electron chi connectivity index (χ3n) is 4.50. The van der Waals surface area contributed by atoms with Crippen LogP contribution in [0.4, 0.5) is 5.69 Å². The number of anilines is 1. The summed E-state index contributed by atoms with van der Waals surface area (Å²) < 4.78 is 28.4. The molecule has 0 saturated heterocycles. The van der Waals surface area contributed by atoms with E-state index in [1.165, 1.54) is 4.31 Å². The average molecular weight is 400 g/mol. The fraction of sp³-hybridized carbons (Fsp3) is 0.182. The van der Waals surface area contributed by atoms with E-state index in [2.05, 4.69) is 0 Å². The lowest BCUT2D eigenvalue weighted by atomic mass is 10.1. The maximum Gasteiger partial charge on any atom is 0.264 e. The SMILES string of the molecule is Cc1ccc(S(=O)(=O)N(Cc2ccccc2Cl)c2ccc(C)cc2C)cc1. The van der Waals surface area contributed by atoms with Crippen LogP contribution in [0.1, 0.15) is 22.3 Å². The van der Waals surface area contributed by atoms with Crippen molar-refractivity contribution in [2.75, 3.05) is 4.31 Å². The molecule has 0 heterocycles. The van der Waals surface area contributed by atoms with Crippen molar-refractivity contribution in [3.63, 3.8) is 0 Å². The number of halogens is 1. The summed E-state index contributed by atoms with van der Waals surface area (Å²) >= 11 is 6.32. The zero-order chi connectivity index (χ0) is 19.6. The average Bonchev–Trinajstić information content (AvgIpc) is 2.62. The van der Waals surface area contributed by atoms with Crippen LogP contribution in [0.15, 0.2) is 71.6 Å². The van der Waals surface area contributed by atoms with E-state index in [-0.39, 0.29) is 11.4 Å². The first-order valence-corrected chi connectivity index (χ1v) is 10.5. The van der Waals surface area contributed by atoms with Crippen LogP contribution in [-0.2, 0) is 16.6 Å². The molecule has 0 spiro atoms. The molecular weight excluding hydrogens is 378 g/mol. The maximum absolute atomic E-state index is 13.5. The second-order valence-electron chi connectivity index (χ2n) is 6.71. The van der Waals surface area contributed by atoms with Crippen molar-refractivity contribution >= 4 is 27.3 Å². The van der Waals surface area contributed by atoms with Crippen LogP contribution in [0.5, 0.6) is 0 Å². The van der Waals surface area contributed by atoms with Crippen molar-refractivity contribution in [1.29, 1.82) is 0 Å². The lowest BCUT2D eigenvalue weighted by Gasteiger charge is -2.27. The largest absolute Gasteiger partial charge is 0.264 e. The predicted molar refractivity (Wildman–Crippen MR) is 112 cm³/mol. The molecule has 27 heavy (non-hydrogen) atoms. The van der Waals surface area contributed by atoms with Crippen LogP contribution < -0.4 is 4.31 Å². The molecule has 3 rings (SSSR count). The molecule has 0 radical (unpaired) electrons. The van der Waals surface area contributed by atoms with Crippen LogP contribution in [-0.4, -0.2) is 8.42 Å². The van der Waals surface area contributed by atoms with E-state index in [0.717, 1.165) is 22.3 Å². The van der Waals surface area contributed by atoms with E-state index in [4.69, 9.17) is 11.6 Å². The monoisotopic (exact) mass is 399 g/mol. The Hall–Kier alpha value is -2.30. The molecule has 3 aromatic rings. The molecule has 0 aromatic heterocycles. The van der Waals surface area contributed by atoms with Crippen molar-refractivity contribution < 1.29 is 8.42 Å². The predicted octanol–water partition coefficient (Wildman–Crippen LogP) is 5.66. The van der Waals surface area contributed by atoms with Crippen LogP contribution >= 0.6 is 11.6 Å². The molecule has 0 unspecified atom stereocenters. The Bertz CT molecular complexity index is 1060. The van der Waals surface area contributed by atoms with Crippen molar-refractivity contribution in [2.45, 2.75) is 32.2 Å². The molecule has 3 aromatic carbocycles. The number of benzene rings is 3. The van der Waals surface area contributed by atoms with Gasteiger partial charge in [-0.15, -0.1) is 0 Å². The summed E-state index contributed by atoms with van der Waals surface area (Å²) in [6.45, 7) is 6.01. The fourth-order valence-electron chi connectivity index (χ4n) is 3.00. The van der Waals surface area contributed by atoms with E-state index in [9.17, 15) is 8.42 Å². The van der Waals surface area contributed by atoms with Crippen LogP contribution in [0.3, 0.4) is 0 Å². The third kappa shape index (κ3) is 4.18. The molecule has 0 aliphatic carbocycles. The van der Waals surface area contributed by atoms with Gasteiger partial charge in [0, 0.05) is 5.02 Å². The smallest absolute Gasteiger partial charge is 0.262 e. The Kier molecular flexibility index (Phi) is 5.59. The zero-order valence-corrected chi connectivity index (χ0v) is 17.2. The number of hydrogen-bond acceptors (Lipinski definition) is 2. The lowest BCUT2D eigenvalue weighted by Crippen LogP contribution is -2.31. The third-order valence-corrected chi connectivity index (χ3v) is 6.64. The van der Waals surface area contributed by atoms with Gasteiger partial charge in [-0.3, -0.25) is 4.31 Å². The molecule has 0 fully saturated rings. The minimum absolute atomic E-state index is 0.166. The number of aryl methyl sites for hydroxylation is 3. The minimum atomic E-state index is -3.75. The molecule has 140 valence electrons. The Morgan fingerprint density at radius 1 is 0.852 bits per heavy atom. The molecule has 0 amide bonds. The van der Waals surface area contributed by atoms with Gasteiger partial charge in [-0.1, -0.05) is 65.2 Å². The van der Waals surface area contributed by atoms with Gasteiger partial charge >= 0.3 is 0 Å². The van der Waals surface area contributed by atoms with Gasteiger partial charge in [0.25, 0.3) is 10.0 Å². The summed E-state index contributed by atoms with van der Waals surface area (Å²) in [6.07, 6.45) is 0. The molecule has 5 heteroatoms. The molecule has 0 N–H and O–H groups in total. The van der Waals surface area contributed by atoms with Gasteiger partial charge in [-0.25, -0.2) is 8.42 Å². The van der Waals surface area contributed by atoms with Gasteiger partial charge in [0.1, 0.15) is 0 Å². The summed E-state index contributed by atoms with van der Waals surface area (Å²) in [4.78, 5) is 0.264. The quantitative estimate of drug-likeness (QED) is 0.555. The second-order valence-corrected chi connectivity index (χ2v) is 8.98. The molecule has 0 bridgehead atoms. The van der Waals surface area contributed by atoms with E-state index in [1.54, 1.807) is 18.2 Å². The number of hydrogen-bond donors (Lipinski definition) is 0. The van der Waals surface area contributed by atoms with Gasteiger partial charge < -0.3 is 0 Å². The first-order valence-electron chi connectivity index (χ1n) is 8.69. The van der Waals surface area contributed by atoms with Gasteiger partial charge in [-0.2, -0.15) is 0 Å². The fourth-order valence-corrected chi connectivity index (χ4v) is 4.71. The van der Waals surface area contributed by atoms with E-state index in [1.807, 2.05) is 69.3 Å². The molecular formula is C22H22ClNO2S. The topological polar surface area (TPSA) is 37.4 Å². The highest BCUT2D eigenvalue weighted by molar-refractivity contribution is 7.92. The molecule has 0 aliphatic rings. The van der Waals surface area contributed by atoms with E-state index < -0.39 is 10.0 Å². The Labute approximate surface area is 166 Å². The minimum Gasteiger partial charge on any atom is -0.262 e. The van der Waals surface area contributed by atoms with Gasteiger partial charge in [0.15, 0.2) is 0 Å². The number of sulfonamides is 1. The van der Waals surface area contributed by atoms with Crippen LogP contribution in [0.2, 0.25) is 5.02 Å². The lowest BCUT2D eigenvalue weighted by molar-refractivity contribution is 0.590. The zero-order valence-electron chi connectivity index (χ0n) is 15.6. The second kappa shape index (κ2) is 7.75. The first kappa shape index (κ1) is 19.5. The van der Waals surface area contributed by atoms with E-state index >= 15 is 0 Å². The van der Waals surface area contributed by atoms with Crippen molar-refractivity contribution in [3.05, 3.63) is 94.0 Å². The molecule has 3 nitrogen and oxygen atoms in total. The van der Waals surface area contributed by atoms with Crippen molar-refractivity contribution in [1.82, 2.24) is 0 Å². The number of rotatable bonds is 5.